The average Bonchev–Trinajstić information content (AvgIpc) is 2.74. The molecule has 0 aliphatic carbocycles. The third kappa shape index (κ3) is 7.04. The van der Waals surface area contributed by atoms with Crippen LogP contribution in [0.2, 0.25) is 0 Å². The van der Waals surface area contributed by atoms with Crippen LogP contribution in [0.4, 0.5) is 5.69 Å². The number of aryl methyl sites for hydroxylation is 2. The van der Waals surface area contributed by atoms with E-state index in [1.807, 2.05) is 52.0 Å². The molecule has 1 atom stereocenters. The van der Waals surface area contributed by atoms with Gasteiger partial charge in [0.15, 0.2) is 0 Å². The lowest BCUT2D eigenvalue weighted by molar-refractivity contribution is -0.140. The highest BCUT2D eigenvalue weighted by atomic mass is 79.9. The lowest BCUT2D eigenvalue weighted by Gasteiger charge is -2.33. The van der Waals surface area contributed by atoms with Crippen molar-refractivity contribution in [2.45, 2.75) is 46.7 Å². The molecule has 180 valence electrons. The summed E-state index contributed by atoms with van der Waals surface area (Å²) in [5, 5.41) is 2.79. The van der Waals surface area contributed by atoms with Crippen LogP contribution in [-0.4, -0.2) is 50.5 Å². The summed E-state index contributed by atoms with van der Waals surface area (Å²) >= 11 is 3.42. The molecule has 33 heavy (non-hydrogen) atoms. The minimum Gasteiger partial charge on any atom is -0.355 e. The summed E-state index contributed by atoms with van der Waals surface area (Å²) in [4.78, 5) is 27.9. The second-order valence-electron chi connectivity index (χ2n) is 7.97. The smallest absolute Gasteiger partial charge is 0.244 e. The number of halogens is 1. The van der Waals surface area contributed by atoms with Crippen LogP contribution in [0.5, 0.6) is 0 Å². The summed E-state index contributed by atoms with van der Waals surface area (Å²) in [5.74, 6) is -0.699. The van der Waals surface area contributed by atoms with Gasteiger partial charge < -0.3 is 10.2 Å². The number of hydrogen-bond donors (Lipinski definition) is 1. The van der Waals surface area contributed by atoms with Gasteiger partial charge >= 0.3 is 0 Å². The molecule has 0 bridgehead atoms. The second-order valence-corrected chi connectivity index (χ2v) is 10.7. The number of carbonyl (C=O) groups excluding carboxylic acids is 2. The molecule has 2 amide bonds. The molecule has 0 fully saturated rings. The first-order chi connectivity index (χ1) is 15.5. The maximum Gasteiger partial charge on any atom is 0.244 e. The van der Waals surface area contributed by atoms with Crippen LogP contribution in [-0.2, 0) is 26.2 Å². The number of benzene rings is 2. The van der Waals surface area contributed by atoms with Crippen molar-refractivity contribution < 1.29 is 18.0 Å². The summed E-state index contributed by atoms with van der Waals surface area (Å²) in [6.07, 6.45) is 1.48. The van der Waals surface area contributed by atoms with Crippen molar-refractivity contribution in [1.82, 2.24) is 10.2 Å². The zero-order valence-corrected chi connectivity index (χ0v) is 22.2. The Morgan fingerprint density at radius 1 is 1.06 bits per heavy atom. The van der Waals surface area contributed by atoms with Crippen LogP contribution in [0, 0.1) is 13.8 Å². The zero-order valence-electron chi connectivity index (χ0n) is 19.8. The van der Waals surface area contributed by atoms with Crippen LogP contribution in [0.3, 0.4) is 0 Å². The van der Waals surface area contributed by atoms with E-state index in [2.05, 4.69) is 21.2 Å². The number of nitrogens with zero attached hydrogens (tertiary/aromatic N) is 2. The third-order valence-corrected chi connectivity index (χ3v) is 7.48. The number of likely N-dealkylation sites (N-methyl/N-ethyl adjacent to an activating group) is 1. The Bertz CT molecular complexity index is 1100. The van der Waals surface area contributed by atoms with Gasteiger partial charge in [-0.1, -0.05) is 47.1 Å². The Labute approximate surface area is 205 Å². The molecule has 2 aromatic rings. The molecule has 0 saturated carbocycles. The molecule has 1 N–H and O–H groups in total. The minimum absolute atomic E-state index is 0.206. The molecule has 2 rings (SSSR count). The van der Waals surface area contributed by atoms with Crippen molar-refractivity contribution in [3.63, 3.8) is 0 Å². The average molecular weight is 539 g/mol. The molecule has 0 radical (unpaired) electrons. The first-order valence-electron chi connectivity index (χ1n) is 10.8. The fourth-order valence-electron chi connectivity index (χ4n) is 3.58. The molecule has 2 aromatic carbocycles. The van der Waals surface area contributed by atoms with E-state index in [-0.39, 0.29) is 12.5 Å². The Kier molecular flexibility index (Phi) is 9.48. The van der Waals surface area contributed by atoms with Crippen molar-refractivity contribution in [2.24, 2.45) is 0 Å². The van der Waals surface area contributed by atoms with Crippen molar-refractivity contribution in [1.29, 1.82) is 0 Å². The van der Waals surface area contributed by atoms with Crippen molar-refractivity contribution >= 4 is 43.5 Å². The predicted octanol–water partition coefficient (Wildman–Crippen LogP) is 3.78. The third-order valence-electron chi connectivity index (χ3n) is 5.45. The van der Waals surface area contributed by atoms with E-state index in [0.29, 0.717) is 18.7 Å². The summed E-state index contributed by atoms with van der Waals surface area (Å²) in [6, 6.07) is 12.0. The summed E-state index contributed by atoms with van der Waals surface area (Å²) in [7, 11) is -3.75. The topological polar surface area (TPSA) is 86.8 Å². The highest BCUT2D eigenvalue weighted by Gasteiger charge is 2.31. The Balaban J connectivity index is 2.47. The van der Waals surface area contributed by atoms with E-state index < -0.39 is 28.5 Å². The standard InChI is InChI=1S/C24H32BrN3O4S/c1-6-22(24(30)26-7-2)27(15-19-11-9-8-10-17(19)3)23(29)16-28(33(5,31)32)20-12-13-21(25)18(4)14-20/h8-14,22H,6-7,15-16H2,1-5H3,(H,26,30). The number of amides is 2. The van der Waals surface area contributed by atoms with E-state index in [9.17, 15) is 18.0 Å². The molecule has 1 unspecified atom stereocenters. The van der Waals surface area contributed by atoms with E-state index in [0.717, 1.165) is 31.7 Å². The number of carbonyl (C=O) groups is 2. The molecule has 0 saturated heterocycles. The highest BCUT2D eigenvalue weighted by Crippen LogP contribution is 2.25. The van der Waals surface area contributed by atoms with Gasteiger partial charge in [0, 0.05) is 17.6 Å². The largest absolute Gasteiger partial charge is 0.355 e. The first-order valence-corrected chi connectivity index (χ1v) is 13.5. The lowest BCUT2D eigenvalue weighted by atomic mass is 10.1. The number of hydrogen-bond acceptors (Lipinski definition) is 4. The molecule has 9 heteroatoms. The zero-order chi connectivity index (χ0) is 24.8. The van der Waals surface area contributed by atoms with Gasteiger partial charge in [-0.15, -0.1) is 0 Å². The van der Waals surface area contributed by atoms with Crippen LogP contribution >= 0.6 is 15.9 Å². The van der Waals surface area contributed by atoms with Crippen LogP contribution < -0.4 is 9.62 Å². The van der Waals surface area contributed by atoms with Crippen molar-refractivity contribution in [3.05, 3.63) is 63.6 Å². The monoisotopic (exact) mass is 537 g/mol. The fourth-order valence-corrected chi connectivity index (χ4v) is 4.67. The Hall–Kier alpha value is -2.39. The fraction of sp³-hybridized carbons (Fsp3) is 0.417. The van der Waals surface area contributed by atoms with E-state index in [1.54, 1.807) is 18.2 Å². The SMILES string of the molecule is CCNC(=O)C(CC)N(Cc1ccccc1C)C(=O)CN(c1ccc(Br)c(C)c1)S(C)(=O)=O. The number of rotatable bonds is 10. The van der Waals surface area contributed by atoms with Gasteiger partial charge in [0.25, 0.3) is 0 Å². The Morgan fingerprint density at radius 3 is 2.27 bits per heavy atom. The second kappa shape index (κ2) is 11.7. The first kappa shape index (κ1) is 26.9. The number of sulfonamides is 1. The van der Waals surface area contributed by atoms with E-state index in [1.165, 1.54) is 4.90 Å². The highest BCUT2D eigenvalue weighted by molar-refractivity contribution is 9.10. The number of anilines is 1. The predicted molar refractivity (Wildman–Crippen MR) is 136 cm³/mol. The molecule has 0 aliphatic heterocycles. The Morgan fingerprint density at radius 2 is 1.73 bits per heavy atom. The van der Waals surface area contributed by atoms with Gasteiger partial charge in [0.05, 0.1) is 11.9 Å². The molecule has 0 aromatic heterocycles. The maximum atomic E-state index is 13.6. The summed E-state index contributed by atoms with van der Waals surface area (Å²) in [5.41, 5.74) is 3.14. The van der Waals surface area contributed by atoms with Crippen molar-refractivity contribution in [3.8, 4) is 0 Å². The van der Waals surface area contributed by atoms with E-state index in [4.69, 9.17) is 0 Å². The van der Waals surface area contributed by atoms with Crippen molar-refractivity contribution in [2.75, 3.05) is 23.7 Å². The van der Waals surface area contributed by atoms with E-state index >= 15 is 0 Å². The summed E-state index contributed by atoms with van der Waals surface area (Å²) in [6.45, 7) is 7.69. The molecule has 0 aliphatic rings. The molecular formula is C24H32BrN3O4S. The van der Waals surface area contributed by atoms with Gasteiger partial charge in [0.2, 0.25) is 21.8 Å². The molecule has 7 nitrogen and oxygen atoms in total. The van der Waals surface area contributed by atoms with Gasteiger partial charge in [-0.05, 0) is 62.1 Å². The molecular weight excluding hydrogens is 506 g/mol. The quantitative estimate of drug-likeness (QED) is 0.499. The summed E-state index contributed by atoms with van der Waals surface area (Å²) < 4.78 is 27.2. The van der Waals surface area contributed by atoms with Gasteiger partial charge in [-0.25, -0.2) is 8.42 Å². The number of nitrogens with one attached hydrogen (secondary N) is 1. The van der Waals surface area contributed by atoms with Gasteiger partial charge in [-0.3, -0.25) is 13.9 Å². The van der Waals surface area contributed by atoms with Crippen LogP contribution in [0.25, 0.3) is 0 Å². The van der Waals surface area contributed by atoms with Gasteiger partial charge in [0.1, 0.15) is 12.6 Å². The van der Waals surface area contributed by atoms with Gasteiger partial charge in [-0.2, -0.15) is 0 Å². The maximum absolute atomic E-state index is 13.6. The lowest BCUT2D eigenvalue weighted by Crippen LogP contribution is -2.52. The normalized spacial score (nSPS) is 12.2. The van der Waals surface area contributed by atoms with Crippen LogP contribution in [0.1, 0.15) is 37.0 Å². The molecule has 0 spiro atoms. The van der Waals surface area contributed by atoms with Crippen LogP contribution in [0.15, 0.2) is 46.9 Å². The molecule has 0 heterocycles. The minimum atomic E-state index is -3.75.